The van der Waals surface area contributed by atoms with Gasteiger partial charge in [-0.3, -0.25) is 9.69 Å². The molecule has 0 heterocycles. The van der Waals surface area contributed by atoms with Gasteiger partial charge in [0.05, 0.1) is 6.54 Å². The van der Waals surface area contributed by atoms with E-state index in [1.54, 1.807) is 0 Å². The number of nitrogens with one attached hydrogen (secondary N) is 1. The molecule has 2 rings (SSSR count). The molecule has 92 valence electrons. The van der Waals surface area contributed by atoms with Crippen LogP contribution in [0.3, 0.4) is 0 Å². The van der Waals surface area contributed by atoms with Crippen LogP contribution in [-0.4, -0.2) is 42.5 Å². The molecule has 2 aliphatic carbocycles. The third-order valence-corrected chi connectivity index (χ3v) is 3.91. The molecule has 0 aromatic carbocycles. The molecule has 4 nitrogen and oxygen atoms in total. The van der Waals surface area contributed by atoms with Crippen molar-refractivity contribution in [2.75, 3.05) is 13.6 Å². The fraction of sp³-hybridized carbons (Fsp3) is 0.917. The topological polar surface area (TPSA) is 58.4 Å². The first-order valence-corrected chi connectivity index (χ1v) is 6.43. The first kappa shape index (κ1) is 11.9. The van der Waals surface area contributed by atoms with Crippen LogP contribution in [0.2, 0.25) is 0 Å². The largest absolute Gasteiger partial charge is 0.351 e. The van der Waals surface area contributed by atoms with Crippen LogP contribution in [0, 0.1) is 0 Å². The van der Waals surface area contributed by atoms with Gasteiger partial charge in [0.2, 0.25) is 5.91 Å². The number of hydrogen-bond acceptors (Lipinski definition) is 3. The maximum atomic E-state index is 11.4. The van der Waals surface area contributed by atoms with Crippen LogP contribution >= 0.6 is 0 Å². The Morgan fingerprint density at radius 3 is 2.62 bits per heavy atom. The molecule has 2 atom stereocenters. The van der Waals surface area contributed by atoms with Crippen molar-refractivity contribution in [2.24, 2.45) is 5.73 Å². The molecule has 0 spiro atoms. The predicted molar refractivity (Wildman–Crippen MR) is 64.0 cm³/mol. The van der Waals surface area contributed by atoms with Gasteiger partial charge in [0, 0.05) is 18.1 Å². The lowest BCUT2D eigenvalue weighted by Gasteiger charge is -2.38. The van der Waals surface area contributed by atoms with Crippen molar-refractivity contribution < 1.29 is 4.79 Å². The maximum Gasteiger partial charge on any atom is 0.234 e. The Kier molecular flexibility index (Phi) is 3.82. The van der Waals surface area contributed by atoms with Crippen LogP contribution in [-0.2, 0) is 4.79 Å². The van der Waals surface area contributed by atoms with E-state index >= 15 is 0 Å². The van der Waals surface area contributed by atoms with Crippen LogP contribution in [0.5, 0.6) is 0 Å². The van der Waals surface area contributed by atoms with Crippen molar-refractivity contribution >= 4 is 5.91 Å². The molecule has 1 amide bonds. The Morgan fingerprint density at radius 1 is 1.31 bits per heavy atom. The van der Waals surface area contributed by atoms with E-state index in [9.17, 15) is 4.79 Å². The maximum absolute atomic E-state index is 11.4. The Bertz CT molecular complexity index is 253. The number of carbonyl (C=O) groups excluding carboxylic acids is 1. The monoisotopic (exact) mass is 225 g/mol. The Labute approximate surface area is 97.6 Å². The molecule has 2 fully saturated rings. The second kappa shape index (κ2) is 5.15. The second-order valence-electron chi connectivity index (χ2n) is 5.13. The van der Waals surface area contributed by atoms with E-state index in [0.717, 1.165) is 12.5 Å². The van der Waals surface area contributed by atoms with Gasteiger partial charge in [-0.1, -0.05) is 12.8 Å². The van der Waals surface area contributed by atoms with Gasteiger partial charge in [-0.15, -0.1) is 0 Å². The highest BCUT2D eigenvalue weighted by Gasteiger charge is 2.36. The summed E-state index contributed by atoms with van der Waals surface area (Å²) in [6.45, 7) is 0.108. The van der Waals surface area contributed by atoms with Crippen molar-refractivity contribution in [2.45, 2.75) is 56.7 Å². The minimum absolute atomic E-state index is 0.0129. The number of rotatable bonds is 4. The molecule has 0 bridgehead atoms. The lowest BCUT2D eigenvalue weighted by molar-refractivity contribution is -0.121. The number of likely N-dealkylation sites (N-methyl/N-ethyl adjacent to an activating group) is 1. The first-order valence-electron chi connectivity index (χ1n) is 6.43. The third-order valence-electron chi connectivity index (χ3n) is 3.91. The molecular weight excluding hydrogens is 202 g/mol. The summed E-state index contributed by atoms with van der Waals surface area (Å²) in [5.41, 5.74) is 5.36. The number of amides is 1. The van der Waals surface area contributed by atoms with E-state index in [-0.39, 0.29) is 12.5 Å². The standard InChI is InChI=1S/C12H23N3O/c1-15(9-6-7-9)11-5-3-2-4-10(11)14-12(16)8-13/h9-11H,2-8,13H2,1H3,(H,14,16). The molecule has 0 aliphatic heterocycles. The highest BCUT2D eigenvalue weighted by atomic mass is 16.1. The number of carbonyl (C=O) groups is 1. The summed E-state index contributed by atoms with van der Waals surface area (Å²) < 4.78 is 0. The smallest absolute Gasteiger partial charge is 0.234 e. The van der Waals surface area contributed by atoms with Crippen LogP contribution in [0.25, 0.3) is 0 Å². The summed E-state index contributed by atoms with van der Waals surface area (Å²) in [4.78, 5) is 13.9. The highest BCUT2D eigenvalue weighted by molar-refractivity contribution is 5.78. The molecule has 4 heteroatoms. The minimum Gasteiger partial charge on any atom is -0.351 e. The molecule has 0 aromatic heterocycles. The van der Waals surface area contributed by atoms with E-state index in [1.165, 1.54) is 32.1 Å². The van der Waals surface area contributed by atoms with Crippen molar-refractivity contribution in [1.29, 1.82) is 0 Å². The molecule has 2 unspecified atom stereocenters. The molecule has 2 saturated carbocycles. The first-order chi connectivity index (χ1) is 7.72. The molecule has 3 N–H and O–H groups in total. The average Bonchev–Trinajstić information content (AvgIpc) is 3.12. The molecule has 2 aliphatic rings. The second-order valence-corrected chi connectivity index (χ2v) is 5.13. The van der Waals surface area contributed by atoms with Gasteiger partial charge in [0.1, 0.15) is 0 Å². The summed E-state index contributed by atoms with van der Waals surface area (Å²) in [7, 11) is 2.20. The fourth-order valence-electron chi connectivity index (χ4n) is 2.79. The van der Waals surface area contributed by atoms with Gasteiger partial charge in [0.25, 0.3) is 0 Å². The van der Waals surface area contributed by atoms with Crippen LogP contribution in [0.1, 0.15) is 38.5 Å². The van der Waals surface area contributed by atoms with Crippen molar-refractivity contribution in [3.8, 4) is 0 Å². The highest BCUT2D eigenvalue weighted by Crippen LogP contribution is 2.32. The summed E-state index contributed by atoms with van der Waals surface area (Å²) >= 11 is 0. The summed E-state index contributed by atoms with van der Waals surface area (Å²) in [5, 5.41) is 3.08. The summed E-state index contributed by atoms with van der Waals surface area (Å²) in [6, 6.07) is 1.60. The SMILES string of the molecule is CN(C1CC1)C1CCCCC1NC(=O)CN. The minimum atomic E-state index is -0.0129. The quantitative estimate of drug-likeness (QED) is 0.731. The van der Waals surface area contributed by atoms with Crippen molar-refractivity contribution in [3.63, 3.8) is 0 Å². The van der Waals surface area contributed by atoms with E-state index in [2.05, 4.69) is 17.3 Å². The molecule has 0 aromatic rings. The molecular formula is C12H23N3O. The Balaban J connectivity index is 1.92. The number of nitrogens with two attached hydrogens (primary N) is 1. The molecule has 16 heavy (non-hydrogen) atoms. The van der Waals surface area contributed by atoms with Crippen molar-refractivity contribution in [3.05, 3.63) is 0 Å². The van der Waals surface area contributed by atoms with Crippen LogP contribution < -0.4 is 11.1 Å². The van der Waals surface area contributed by atoms with Gasteiger partial charge < -0.3 is 11.1 Å². The zero-order chi connectivity index (χ0) is 11.5. The van der Waals surface area contributed by atoms with Gasteiger partial charge >= 0.3 is 0 Å². The zero-order valence-electron chi connectivity index (χ0n) is 10.1. The normalized spacial score (nSPS) is 30.4. The fourth-order valence-corrected chi connectivity index (χ4v) is 2.79. The summed E-state index contributed by atoms with van der Waals surface area (Å²) in [6.07, 6.45) is 7.48. The van der Waals surface area contributed by atoms with E-state index in [1.807, 2.05) is 0 Å². The molecule has 0 saturated heterocycles. The average molecular weight is 225 g/mol. The Hall–Kier alpha value is -0.610. The lowest BCUT2D eigenvalue weighted by Crippen LogP contribution is -2.53. The van der Waals surface area contributed by atoms with Gasteiger partial charge in [0.15, 0.2) is 0 Å². The van der Waals surface area contributed by atoms with Gasteiger partial charge in [-0.2, -0.15) is 0 Å². The van der Waals surface area contributed by atoms with Crippen LogP contribution in [0.15, 0.2) is 0 Å². The summed E-state index contributed by atoms with van der Waals surface area (Å²) in [5.74, 6) is -0.0129. The molecule has 0 radical (unpaired) electrons. The van der Waals surface area contributed by atoms with Crippen molar-refractivity contribution in [1.82, 2.24) is 10.2 Å². The number of hydrogen-bond donors (Lipinski definition) is 2. The van der Waals surface area contributed by atoms with Gasteiger partial charge in [-0.05, 0) is 32.7 Å². The van der Waals surface area contributed by atoms with E-state index in [0.29, 0.717) is 12.1 Å². The third kappa shape index (κ3) is 2.74. The predicted octanol–water partition coefficient (Wildman–Crippen LogP) is 0.467. The van der Waals surface area contributed by atoms with E-state index < -0.39 is 0 Å². The Morgan fingerprint density at radius 2 is 2.00 bits per heavy atom. The van der Waals surface area contributed by atoms with Crippen LogP contribution in [0.4, 0.5) is 0 Å². The zero-order valence-corrected chi connectivity index (χ0v) is 10.1. The lowest BCUT2D eigenvalue weighted by atomic mass is 9.89. The van der Waals surface area contributed by atoms with Gasteiger partial charge in [-0.25, -0.2) is 0 Å². The number of nitrogens with zero attached hydrogens (tertiary/aromatic N) is 1. The van der Waals surface area contributed by atoms with E-state index in [4.69, 9.17) is 5.73 Å².